The average molecular weight is 315 g/mol. The Morgan fingerprint density at radius 1 is 1.09 bits per heavy atom. The standard InChI is InChI=1S/C17H21N3O3/c1-20(2)14-7-5-13(6-8-14)19-17(22)12-18-16(21)10-9-15-4-3-11-23-15/h3-8,11H,9-10,12H2,1-2H3,(H,18,21)(H,19,22). The van der Waals surface area contributed by atoms with E-state index in [1.807, 2.05) is 49.3 Å². The molecule has 1 aromatic heterocycles. The number of anilines is 2. The quantitative estimate of drug-likeness (QED) is 0.820. The molecule has 0 radical (unpaired) electrons. The fourth-order valence-corrected chi connectivity index (χ4v) is 2.01. The van der Waals surface area contributed by atoms with Gasteiger partial charge in [0.2, 0.25) is 11.8 Å². The van der Waals surface area contributed by atoms with Crippen molar-refractivity contribution < 1.29 is 14.0 Å². The van der Waals surface area contributed by atoms with Gasteiger partial charge in [0.15, 0.2) is 0 Å². The molecule has 2 rings (SSSR count). The number of carbonyl (C=O) groups is 2. The van der Waals surface area contributed by atoms with E-state index in [4.69, 9.17) is 4.42 Å². The van der Waals surface area contributed by atoms with Gasteiger partial charge < -0.3 is 20.0 Å². The molecule has 2 N–H and O–H groups in total. The van der Waals surface area contributed by atoms with Gasteiger partial charge in [-0.2, -0.15) is 0 Å². The van der Waals surface area contributed by atoms with Gasteiger partial charge in [-0.3, -0.25) is 9.59 Å². The molecular formula is C17H21N3O3. The molecule has 0 bridgehead atoms. The van der Waals surface area contributed by atoms with Crippen LogP contribution in [0, 0.1) is 0 Å². The van der Waals surface area contributed by atoms with Crippen molar-refractivity contribution in [3.05, 3.63) is 48.4 Å². The van der Waals surface area contributed by atoms with Crippen molar-refractivity contribution >= 4 is 23.2 Å². The summed E-state index contributed by atoms with van der Waals surface area (Å²) >= 11 is 0. The summed E-state index contributed by atoms with van der Waals surface area (Å²) in [6.45, 7) is -0.0492. The molecular weight excluding hydrogens is 294 g/mol. The smallest absolute Gasteiger partial charge is 0.243 e. The number of carbonyl (C=O) groups excluding carboxylic acids is 2. The fourth-order valence-electron chi connectivity index (χ4n) is 2.01. The van der Waals surface area contributed by atoms with Gasteiger partial charge in [0.25, 0.3) is 0 Å². The molecule has 0 atom stereocenters. The SMILES string of the molecule is CN(C)c1ccc(NC(=O)CNC(=O)CCc2ccco2)cc1. The lowest BCUT2D eigenvalue weighted by Gasteiger charge is -2.13. The average Bonchev–Trinajstić information content (AvgIpc) is 3.05. The highest BCUT2D eigenvalue weighted by Gasteiger charge is 2.07. The van der Waals surface area contributed by atoms with Crippen LogP contribution >= 0.6 is 0 Å². The Morgan fingerprint density at radius 2 is 1.83 bits per heavy atom. The third kappa shape index (κ3) is 5.50. The third-order valence-electron chi connectivity index (χ3n) is 3.29. The van der Waals surface area contributed by atoms with Crippen LogP contribution in [0.1, 0.15) is 12.2 Å². The molecule has 1 heterocycles. The number of hydrogen-bond donors (Lipinski definition) is 2. The van der Waals surface area contributed by atoms with Gasteiger partial charge >= 0.3 is 0 Å². The molecule has 0 saturated heterocycles. The fraction of sp³-hybridized carbons (Fsp3) is 0.294. The maximum atomic E-state index is 11.8. The Labute approximate surface area is 135 Å². The van der Waals surface area contributed by atoms with E-state index >= 15 is 0 Å². The normalized spacial score (nSPS) is 10.2. The first-order valence-electron chi connectivity index (χ1n) is 7.41. The van der Waals surface area contributed by atoms with Gasteiger partial charge in [0.1, 0.15) is 5.76 Å². The zero-order chi connectivity index (χ0) is 16.7. The molecule has 1 aromatic carbocycles. The van der Waals surface area contributed by atoms with Gasteiger partial charge in [-0.25, -0.2) is 0 Å². The highest BCUT2D eigenvalue weighted by Crippen LogP contribution is 2.15. The van der Waals surface area contributed by atoms with E-state index in [1.165, 1.54) is 0 Å². The summed E-state index contributed by atoms with van der Waals surface area (Å²) in [7, 11) is 3.90. The molecule has 0 unspecified atom stereocenters. The number of amides is 2. The van der Waals surface area contributed by atoms with Crippen LogP contribution in [0.2, 0.25) is 0 Å². The number of hydrogen-bond acceptors (Lipinski definition) is 4. The van der Waals surface area contributed by atoms with E-state index in [0.29, 0.717) is 18.5 Å². The summed E-state index contributed by atoms with van der Waals surface area (Å²) in [4.78, 5) is 25.5. The Balaban J connectivity index is 1.70. The van der Waals surface area contributed by atoms with E-state index in [2.05, 4.69) is 10.6 Å². The van der Waals surface area contributed by atoms with Gasteiger partial charge in [0, 0.05) is 38.3 Å². The predicted molar refractivity (Wildman–Crippen MR) is 89.4 cm³/mol. The summed E-state index contributed by atoms with van der Waals surface area (Å²) in [5.74, 6) is 0.319. The number of aryl methyl sites for hydroxylation is 1. The number of rotatable bonds is 7. The summed E-state index contributed by atoms with van der Waals surface area (Å²) in [6.07, 6.45) is 2.38. The molecule has 2 aromatic rings. The summed E-state index contributed by atoms with van der Waals surface area (Å²) in [5.41, 5.74) is 1.75. The van der Waals surface area contributed by atoms with E-state index in [-0.39, 0.29) is 18.4 Å². The van der Waals surface area contributed by atoms with Crippen molar-refractivity contribution in [2.75, 3.05) is 30.9 Å². The third-order valence-corrected chi connectivity index (χ3v) is 3.29. The maximum absolute atomic E-state index is 11.8. The topological polar surface area (TPSA) is 74.6 Å². The van der Waals surface area contributed by atoms with E-state index in [1.54, 1.807) is 12.3 Å². The lowest BCUT2D eigenvalue weighted by molar-refractivity contribution is -0.124. The molecule has 0 aliphatic rings. The van der Waals surface area contributed by atoms with Gasteiger partial charge in [-0.1, -0.05) is 0 Å². The Bertz CT molecular complexity index is 634. The molecule has 0 saturated carbocycles. The Kier molecular flexibility index (Phi) is 5.80. The van der Waals surface area contributed by atoms with E-state index in [9.17, 15) is 9.59 Å². The Morgan fingerprint density at radius 3 is 2.43 bits per heavy atom. The van der Waals surface area contributed by atoms with Crippen LogP contribution in [-0.4, -0.2) is 32.5 Å². The van der Waals surface area contributed by atoms with Crippen LogP contribution in [0.15, 0.2) is 47.1 Å². The highest BCUT2D eigenvalue weighted by molar-refractivity contribution is 5.94. The summed E-state index contributed by atoms with van der Waals surface area (Å²) < 4.78 is 5.15. The summed E-state index contributed by atoms with van der Waals surface area (Å²) in [6, 6.07) is 11.1. The number of nitrogens with zero attached hydrogens (tertiary/aromatic N) is 1. The first-order valence-corrected chi connectivity index (χ1v) is 7.41. The minimum absolute atomic E-state index is 0.0492. The molecule has 0 aliphatic heterocycles. The second kappa shape index (κ2) is 8.03. The first kappa shape index (κ1) is 16.6. The molecule has 2 amide bonds. The number of furan rings is 1. The lowest BCUT2D eigenvalue weighted by atomic mass is 10.2. The lowest BCUT2D eigenvalue weighted by Crippen LogP contribution is -2.32. The summed E-state index contributed by atoms with van der Waals surface area (Å²) in [5, 5.41) is 5.34. The predicted octanol–water partition coefficient (Wildman–Crippen LogP) is 2.03. The number of benzene rings is 1. The monoisotopic (exact) mass is 315 g/mol. The second-order valence-corrected chi connectivity index (χ2v) is 5.35. The minimum atomic E-state index is -0.256. The van der Waals surface area contributed by atoms with E-state index in [0.717, 1.165) is 11.4 Å². The van der Waals surface area contributed by atoms with Crippen molar-refractivity contribution in [2.45, 2.75) is 12.8 Å². The number of nitrogens with one attached hydrogen (secondary N) is 2. The molecule has 0 aliphatic carbocycles. The van der Waals surface area contributed by atoms with Crippen LogP contribution in [0.25, 0.3) is 0 Å². The van der Waals surface area contributed by atoms with Crippen LogP contribution < -0.4 is 15.5 Å². The minimum Gasteiger partial charge on any atom is -0.469 e. The van der Waals surface area contributed by atoms with E-state index < -0.39 is 0 Å². The van der Waals surface area contributed by atoms with Gasteiger partial charge in [-0.05, 0) is 36.4 Å². The van der Waals surface area contributed by atoms with Crippen LogP contribution in [0.4, 0.5) is 11.4 Å². The molecule has 122 valence electrons. The Hall–Kier alpha value is -2.76. The van der Waals surface area contributed by atoms with Crippen molar-refractivity contribution in [3.63, 3.8) is 0 Å². The molecule has 6 nitrogen and oxygen atoms in total. The molecule has 23 heavy (non-hydrogen) atoms. The molecule has 6 heteroatoms. The van der Waals surface area contributed by atoms with Gasteiger partial charge in [0.05, 0.1) is 12.8 Å². The van der Waals surface area contributed by atoms with Crippen molar-refractivity contribution in [2.24, 2.45) is 0 Å². The highest BCUT2D eigenvalue weighted by atomic mass is 16.3. The molecule has 0 fully saturated rings. The largest absolute Gasteiger partial charge is 0.469 e. The van der Waals surface area contributed by atoms with Gasteiger partial charge in [-0.15, -0.1) is 0 Å². The molecule has 0 spiro atoms. The van der Waals surface area contributed by atoms with Crippen molar-refractivity contribution in [1.29, 1.82) is 0 Å². The van der Waals surface area contributed by atoms with Crippen LogP contribution in [0.3, 0.4) is 0 Å². The first-order chi connectivity index (χ1) is 11.0. The van der Waals surface area contributed by atoms with Crippen LogP contribution in [0.5, 0.6) is 0 Å². The maximum Gasteiger partial charge on any atom is 0.243 e. The van der Waals surface area contributed by atoms with Crippen molar-refractivity contribution in [1.82, 2.24) is 5.32 Å². The van der Waals surface area contributed by atoms with Crippen molar-refractivity contribution in [3.8, 4) is 0 Å². The van der Waals surface area contributed by atoms with Crippen LogP contribution in [-0.2, 0) is 16.0 Å². The zero-order valence-corrected chi connectivity index (χ0v) is 13.3. The zero-order valence-electron chi connectivity index (χ0n) is 13.3. The second-order valence-electron chi connectivity index (χ2n) is 5.35.